The largest absolute Gasteiger partial charge is 0.695 e. The molecule has 0 spiro atoms. The van der Waals surface area contributed by atoms with Crippen LogP contribution in [0.2, 0.25) is 0 Å². The van der Waals surface area contributed by atoms with Gasteiger partial charge in [0.15, 0.2) is 35.5 Å². The van der Waals surface area contributed by atoms with E-state index in [4.69, 9.17) is 28.8 Å². The van der Waals surface area contributed by atoms with Crippen LogP contribution in [-0.2, 0) is 32.2 Å². The van der Waals surface area contributed by atoms with Crippen molar-refractivity contribution in [2.75, 3.05) is 18.9 Å². The number of aliphatic hydroxyl groups is 3. The number of nitrogen functional groups attached to an aromatic ring is 1. The van der Waals surface area contributed by atoms with Gasteiger partial charge in [-0.2, -0.15) is 0 Å². The van der Waals surface area contributed by atoms with Gasteiger partial charge in [-0.25, -0.2) is 29.3 Å². The number of aliphatic hydroxyl groups excluding tert-OH is 3. The predicted molar refractivity (Wildman–Crippen MR) is 148 cm³/mol. The van der Waals surface area contributed by atoms with E-state index in [9.17, 15) is 43.8 Å². The van der Waals surface area contributed by atoms with Crippen LogP contribution in [0.1, 0.15) is 18.9 Å². The van der Waals surface area contributed by atoms with Gasteiger partial charge in [-0.15, -0.1) is 9.42 Å². The Kier molecular flexibility index (Phi) is 8.84. The molecule has 0 aliphatic carbocycles. The van der Waals surface area contributed by atoms with E-state index in [2.05, 4.69) is 24.9 Å². The average molecular weight is 690 g/mol. The summed E-state index contributed by atoms with van der Waals surface area (Å²) in [6, 6.07) is 0. The van der Waals surface area contributed by atoms with Crippen molar-refractivity contribution in [1.29, 1.82) is 0 Å². The Morgan fingerprint density at radius 3 is 2.46 bits per heavy atom. The Balaban J connectivity index is 1.17. The van der Waals surface area contributed by atoms with Gasteiger partial charge in [0, 0.05) is 11.0 Å². The van der Waals surface area contributed by atoms with Gasteiger partial charge in [0.2, 0.25) is 0 Å². The molecule has 2 fully saturated rings. The number of rotatable bonds is 11. The molecule has 0 saturated carbocycles. The molecular formula is C21H26N9O14P2+. The molecule has 2 unspecified atom stereocenters. The zero-order valence-corrected chi connectivity index (χ0v) is 24.8. The summed E-state index contributed by atoms with van der Waals surface area (Å²) in [6.45, 7) is -1.34. The number of imidazole rings is 2. The van der Waals surface area contributed by atoms with E-state index in [0.717, 1.165) is 17.2 Å². The van der Waals surface area contributed by atoms with Crippen LogP contribution in [-0.4, -0.2) is 114 Å². The van der Waals surface area contributed by atoms with Gasteiger partial charge < -0.3 is 35.4 Å². The van der Waals surface area contributed by atoms with Gasteiger partial charge in [0.25, 0.3) is 5.56 Å². The van der Waals surface area contributed by atoms with Crippen molar-refractivity contribution in [2.24, 2.45) is 0 Å². The molecule has 46 heavy (non-hydrogen) atoms. The van der Waals surface area contributed by atoms with Crippen LogP contribution in [0.5, 0.6) is 0 Å². The Morgan fingerprint density at radius 1 is 1.00 bits per heavy atom. The van der Waals surface area contributed by atoms with E-state index in [1.54, 1.807) is 0 Å². The first kappa shape index (κ1) is 32.4. The number of hydrogen-bond acceptors (Lipinski definition) is 17. The van der Waals surface area contributed by atoms with E-state index in [1.807, 2.05) is 4.98 Å². The number of aromatic amines is 2. The molecule has 6 heterocycles. The molecule has 4 aromatic rings. The second-order valence-electron chi connectivity index (χ2n) is 10.1. The summed E-state index contributed by atoms with van der Waals surface area (Å²) in [5.74, 6) is 0.0552. The molecule has 10 atom stereocenters. The molecular weight excluding hydrogens is 664 g/mol. The highest BCUT2D eigenvalue weighted by molar-refractivity contribution is 7.47. The van der Waals surface area contributed by atoms with Crippen molar-refractivity contribution in [3.8, 4) is 0 Å². The highest BCUT2D eigenvalue weighted by atomic mass is 31.2. The summed E-state index contributed by atoms with van der Waals surface area (Å²) in [6.07, 6.45) is -8.38. The van der Waals surface area contributed by atoms with E-state index in [-0.39, 0.29) is 34.6 Å². The average Bonchev–Trinajstić information content (AvgIpc) is 3.75. The summed E-state index contributed by atoms with van der Waals surface area (Å²) < 4.78 is 53.7. The highest BCUT2D eigenvalue weighted by Gasteiger charge is 2.51. The first-order valence-electron chi connectivity index (χ1n) is 13.3. The summed E-state index contributed by atoms with van der Waals surface area (Å²) in [5.41, 5.74) is 4.09. The number of fused-ring (bicyclic) bond motifs is 2. The topological polar surface area (TPSA) is 335 Å². The van der Waals surface area contributed by atoms with Gasteiger partial charge in [-0.3, -0.25) is 32.9 Å². The number of phosphoric ester groups is 1. The van der Waals surface area contributed by atoms with E-state index < -0.39 is 89.6 Å². The van der Waals surface area contributed by atoms with Crippen LogP contribution in [0, 0.1) is 0 Å². The molecule has 2 aliphatic rings. The number of nitrogens with two attached hydrogens (primary N) is 1. The van der Waals surface area contributed by atoms with Crippen molar-refractivity contribution < 1.29 is 57.3 Å². The van der Waals surface area contributed by atoms with Crippen LogP contribution >= 0.6 is 16.1 Å². The number of nitrogens with one attached hydrogen (secondary N) is 2. The van der Waals surface area contributed by atoms with Gasteiger partial charge in [-0.1, -0.05) is 0 Å². The molecule has 4 aromatic heterocycles. The third kappa shape index (κ3) is 5.99. The molecule has 0 amide bonds. The summed E-state index contributed by atoms with van der Waals surface area (Å²) in [7, 11) is -8.29. The molecule has 248 valence electrons. The van der Waals surface area contributed by atoms with Crippen molar-refractivity contribution in [1.82, 2.24) is 39.0 Å². The van der Waals surface area contributed by atoms with Gasteiger partial charge in [0.05, 0.1) is 32.0 Å². The maximum atomic E-state index is 13.0. The molecule has 2 aliphatic heterocycles. The van der Waals surface area contributed by atoms with Crippen LogP contribution < -0.4 is 17.0 Å². The molecule has 6 rings (SSSR count). The van der Waals surface area contributed by atoms with Crippen LogP contribution in [0.3, 0.4) is 0 Å². The number of phosphoric acid groups is 1. The van der Waals surface area contributed by atoms with E-state index in [1.165, 1.54) is 10.9 Å². The monoisotopic (exact) mass is 690 g/mol. The summed E-state index contributed by atoms with van der Waals surface area (Å²) >= 11 is 0. The maximum Gasteiger partial charge on any atom is 0.695 e. The van der Waals surface area contributed by atoms with Crippen molar-refractivity contribution in [3.05, 3.63) is 39.8 Å². The molecule has 23 nitrogen and oxygen atoms in total. The third-order valence-corrected chi connectivity index (χ3v) is 8.77. The second kappa shape index (κ2) is 12.6. The zero-order chi connectivity index (χ0) is 32.9. The molecule has 0 aromatic carbocycles. The van der Waals surface area contributed by atoms with Gasteiger partial charge in [0.1, 0.15) is 41.9 Å². The first-order valence-corrected chi connectivity index (χ1v) is 15.9. The third-order valence-electron chi connectivity index (χ3n) is 7.33. The van der Waals surface area contributed by atoms with Gasteiger partial charge >= 0.3 is 21.8 Å². The lowest BCUT2D eigenvalue weighted by Crippen LogP contribution is -2.35. The lowest BCUT2D eigenvalue weighted by Gasteiger charge is -2.24. The van der Waals surface area contributed by atoms with Crippen molar-refractivity contribution >= 4 is 44.2 Å². The molecule has 0 radical (unpaired) electrons. The number of ether oxygens (including phenoxy) is 2. The van der Waals surface area contributed by atoms with Crippen LogP contribution in [0.4, 0.5) is 5.82 Å². The van der Waals surface area contributed by atoms with Crippen molar-refractivity contribution in [2.45, 2.75) is 55.5 Å². The Labute approximate surface area is 255 Å². The standard InChI is InChI=1S/C21H25N9O14P2/c22-15-9-16(24-4-23-15)29(5-25-9)19-12(33)13(43-45(36)37)7(41-19)1-2-40-46(38,39)44-14-11(32)8(3-31)42-20(14)30-6-26-10-17(30)27-21(35)28-18(10)34/h4-8,11-14,19-20,31-33H,1-3H2,(H5-,22,23,24,27,28,34,35,36,37,38,39)/p+1/t7-,8-,11-,12-,13-,14-,19-,20-/m1/s1. The smallest absolute Gasteiger partial charge is 0.394 e. The number of hydrogen-bond donors (Lipinski definition) is 8. The normalized spacial score (nSPS) is 29.9. The number of nitrogens with zero attached hydrogens (tertiary/aromatic N) is 6. The fourth-order valence-electron chi connectivity index (χ4n) is 5.29. The van der Waals surface area contributed by atoms with Crippen LogP contribution in [0.25, 0.3) is 22.3 Å². The van der Waals surface area contributed by atoms with Crippen molar-refractivity contribution in [3.63, 3.8) is 0 Å². The molecule has 2 saturated heterocycles. The molecule has 0 bridgehead atoms. The fraction of sp³-hybridized carbons (Fsp3) is 0.524. The Morgan fingerprint density at radius 2 is 1.72 bits per heavy atom. The first-order chi connectivity index (χ1) is 21.9. The fourth-order valence-corrected chi connectivity index (χ4v) is 6.69. The number of anilines is 1. The highest BCUT2D eigenvalue weighted by Crippen LogP contribution is 2.50. The maximum absolute atomic E-state index is 13.0. The van der Waals surface area contributed by atoms with Crippen LogP contribution in [0.15, 0.2) is 28.6 Å². The minimum atomic E-state index is -5.06. The minimum absolute atomic E-state index is 0.0552. The predicted octanol–water partition coefficient (Wildman–Crippen LogP) is -2.73. The lowest BCUT2D eigenvalue weighted by molar-refractivity contribution is -0.0528. The summed E-state index contributed by atoms with van der Waals surface area (Å²) in [4.78, 5) is 64.1. The molecule has 9 N–H and O–H groups in total. The second-order valence-corrected chi connectivity index (χ2v) is 12.2. The minimum Gasteiger partial charge on any atom is -0.394 e. The van der Waals surface area contributed by atoms with E-state index >= 15 is 0 Å². The number of H-pyrrole nitrogens is 2. The lowest BCUT2D eigenvalue weighted by atomic mass is 10.1. The quantitative estimate of drug-likeness (QED) is 0.0740. The Bertz CT molecular complexity index is 1930. The number of aromatic nitrogens is 8. The molecule has 25 heteroatoms. The summed E-state index contributed by atoms with van der Waals surface area (Å²) in [5, 5.41) is 31.3. The SMILES string of the molecule is Nc1ncnc2c1ncn2[C@@H]1O[C@H](CCOP(=O)(O)O[C@@H]2[C@H](O)[C@@H](CO)O[C@H]2n2cnc3c(=O)[nH]c(=O)[nH]c32)[C@@H](O[P+](=O)O)[C@H]1O. The zero-order valence-electron chi connectivity index (χ0n) is 23.0. The Hall–Kier alpha value is -3.57. The van der Waals surface area contributed by atoms with Gasteiger partial charge in [-0.05, 0) is 0 Å². The van der Waals surface area contributed by atoms with E-state index in [0.29, 0.717) is 0 Å².